The van der Waals surface area contributed by atoms with E-state index in [4.69, 9.17) is 0 Å². The average Bonchev–Trinajstić information content (AvgIpc) is 3.31. The van der Waals surface area contributed by atoms with Gasteiger partial charge in [0.15, 0.2) is 0 Å². The summed E-state index contributed by atoms with van der Waals surface area (Å²) < 4.78 is 2.08. The van der Waals surface area contributed by atoms with Crippen molar-refractivity contribution in [3.63, 3.8) is 0 Å². The second kappa shape index (κ2) is 6.25. The maximum Gasteiger partial charge on any atom is 0.257 e. The molecule has 0 unspecified atom stereocenters. The number of carbonyl (C=O) groups is 1. The molecule has 5 heteroatoms. The van der Waals surface area contributed by atoms with Crippen LogP contribution < -0.4 is 0 Å². The Labute approximate surface area is 159 Å². The molecule has 0 radical (unpaired) electrons. The highest BCUT2D eigenvalue weighted by atomic mass is 16.2. The highest BCUT2D eigenvalue weighted by Crippen LogP contribution is 2.42. The van der Waals surface area contributed by atoms with Crippen molar-refractivity contribution in [3.8, 4) is 0 Å². The number of aromatic nitrogens is 3. The minimum Gasteiger partial charge on any atom is -0.358 e. The first-order chi connectivity index (χ1) is 13.1. The molecule has 0 bridgehead atoms. The summed E-state index contributed by atoms with van der Waals surface area (Å²) in [4.78, 5) is 18.9. The number of rotatable bonds is 4. The summed E-state index contributed by atoms with van der Waals surface area (Å²) in [5, 5.41) is 5.82. The second-order valence-corrected chi connectivity index (χ2v) is 8.40. The van der Waals surface area contributed by atoms with Crippen LogP contribution in [0.1, 0.15) is 59.9 Å². The molecule has 2 aliphatic rings. The van der Waals surface area contributed by atoms with Crippen LogP contribution in [0.2, 0.25) is 0 Å². The Balaban J connectivity index is 1.46. The van der Waals surface area contributed by atoms with E-state index in [2.05, 4.69) is 52.9 Å². The molecule has 140 valence electrons. The number of fused-ring (bicyclic) bond motifs is 3. The first-order valence-electron chi connectivity index (χ1n) is 10.0. The Morgan fingerprint density at radius 1 is 1.30 bits per heavy atom. The molecule has 27 heavy (non-hydrogen) atoms. The molecule has 1 N–H and O–H groups in total. The quantitative estimate of drug-likeness (QED) is 0.760. The molecule has 1 aromatic carbocycles. The Bertz CT molecular complexity index is 1010. The van der Waals surface area contributed by atoms with Crippen molar-refractivity contribution in [2.24, 2.45) is 5.92 Å². The third-order valence-electron chi connectivity index (χ3n) is 5.78. The van der Waals surface area contributed by atoms with E-state index in [0.717, 1.165) is 25.1 Å². The molecule has 2 aromatic heterocycles. The van der Waals surface area contributed by atoms with Crippen molar-refractivity contribution in [3.05, 3.63) is 53.0 Å². The van der Waals surface area contributed by atoms with Gasteiger partial charge in [0, 0.05) is 54.1 Å². The summed E-state index contributed by atoms with van der Waals surface area (Å²) in [6.45, 7) is 6.72. The van der Waals surface area contributed by atoms with E-state index in [1.165, 1.54) is 40.7 Å². The Morgan fingerprint density at radius 3 is 2.89 bits per heavy atom. The topological polar surface area (TPSA) is 53.9 Å². The Kier molecular flexibility index (Phi) is 3.85. The molecule has 0 saturated heterocycles. The molecule has 0 spiro atoms. The van der Waals surface area contributed by atoms with Gasteiger partial charge in [0.25, 0.3) is 5.91 Å². The number of hydrogen-bond acceptors (Lipinski definition) is 2. The number of nitrogens with one attached hydrogen (secondary N) is 1. The molecule has 3 heterocycles. The van der Waals surface area contributed by atoms with Gasteiger partial charge in [0.05, 0.1) is 17.5 Å². The number of para-hydroxylation sites is 1. The number of benzene rings is 1. The minimum atomic E-state index is 0.142. The van der Waals surface area contributed by atoms with Gasteiger partial charge in [-0.1, -0.05) is 32.0 Å². The number of hydrogen-bond donors (Lipinski definition) is 1. The smallest absolute Gasteiger partial charge is 0.257 e. The zero-order valence-corrected chi connectivity index (χ0v) is 16.0. The van der Waals surface area contributed by atoms with Gasteiger partial charge in [-0.05, 0) is 24.8 Å². The van der Waals surface area contributed by atoms with Crippen LogP contribution in [0.25, 0.3) is 10.9 Å². The molecule has 5 nitrogen and oxygen atoms in total. The van der Waals surface area contributed by atoms with E-state index in [-0.39, 0.29) is 5.91 Å². The van der Waals surface area contributed by atoms with Crippen LogP contribution >= 0.6 is 0 Å². The summed E-state index contributed by atoms with van der Waals surface area (Å²) in [5.41, 5.74) is 5.70. The molecule has 1 amide bonds. The Morgan fingerprint density at radius 2 is 2.11 bits per heavy atom. The number of amides is 1. The highest BCUT2D eigenvalue weighted by Gasteiger charge is 2.35. The maximum atomic E-state index is 13.4. The largest absolute Gasteiger partial charge is 0.358 e. The second-order valence-electron chi connectivity index (χ2n) is 8.40. The maximum absolute atomic E-state index is 13.4. The third kappa shape index (κ3) is 2.85. The summed E-state index contributed by atoms with van der Waals surface area (Å²) in [5.74, 6) is 1.18. The van der Waals surface area contributed by atoms with Gasteiger partial charge in [-0.3, -0.25) is 9.48 Å². The van der Waals surface area contributed by atoms with E-state index < -0.39 is 0 Å². The van der Waals surface area contributed by atoms with Crippen LogP contribution in [0.3, 0.4) is 0 Å². The average molecular weight is 362 g/mol. The summed E-state index contributed by atoms with van der Waals surface area (Å²) in [7, 11) is 0. The van der Waals surface area contributed by atoms with Gasteiger partial charge in [-0.25, -0.2) is 0 Å². The van der Waals surface area contributed by atoms with Crippen LogP contribution in [0.4, 0.5) is 0 Å². The molecule has 5 rings (SSSR count). The predicted octanol–water partition coefficient (Wildman–Crippen LogP) is 4.10. The first kappa shape index (κ1) is 16.6. The fraction of sp³-hybridized carbons (Fsp3) is 0.455. The van der Waals surface area contributed by atoms with Crippen LogP contribution in [0.5, 0.6) is 0 Å². The normalized spacial score (nSPS) is 16.9. The fourth-order valence-corrected chi connectivity index (χ4v) is 4.35. The number of nitrogens with zero attached hydrogens (tertiary/aromatic N) is 3. The zero-order valence-electron chi connectivity index (χ0n) is 16.0. The third-order valence-corrected chi connectivity index (χ3v) is 5.78. The van der Waals surface area contributed by atoms with Crippen LogP contribution in [-0.4, -0.2) is 32.1 Å². The molecule has 3 aromatic rings. The van der Waals surface area contributed by atoms with Gasteiger partial charge in [-0.15, -0.1) is 0 Å². The molecule has 1 saturated carbocycles. The van der Waals surface area contributed by atoms with Crippen LogP contribution in [0.15, 0.2) is 30.5 Å². The van der Waals surface area contributed by atoms with E-state index in [1.807, 2.05) is 11.1 Å². The lowest BCUT2D eigenvalue weighted by Crippen LogP contribution is -2.36. The van der Waals surface area contributed by atoms with E-state index in [1.54, 1.807) is 0 Å². The Hall–Kier alpha value is -2.56. The van der Waals surface area contributed by atoms with Gasteiger partial charge < -0.3 is 9.88 Å². The van der Waals surface area contributed by atoms with Gasteiger partial charge in [0.2, 0.25) is 0 Å². The van der Waals surface area contributed by atoms with E-state index in [9.17, 15) is 4.79 Å². The SMILES string of the molecule is CC(C)Cn1ncc(C(=O)N2CCc3[nH]c4ccccc4c3C2)c1C1CC1. The van der Waals surface area contributed by atoms with Crippen LogP contribution in [-0.2, 0) is 19.5 Å². The summed E-state index contributed by atoms with van der Waals surface area (Å²) in [6, 6.07) is 8.38. The van der Waals surface area contributed by atoms with Crippen molar-refractivity contribution in [1.29, 1.82) is 0 Å². The fourth-order valence-electron chi connectivity index (χ4n) is 4.35. The summed E-state index contributed by atoms with van der Waals surface area (Å²) in [6.07, 6.45) is 5.05. The van der Waals surface area contributed by atoms with Crippen molar-refractivity contribution in [2.45, 2.75) is 52.1 Å². The lowest BCUT2D eigenvalue weighted by atomic mass is 10.0. The van der Waals surface area contributed by atoms with Crippen LogP contribution in [0, 0.1) is 5.92 Å². The standard InChI is InChI=1S/C22H26N4O/c1-14(2)12-26-21(15-7-8-15)17(11-23-26)22(27)25-10-9-20-18(13-25)16-5-3-4-6-19(16)24-20/h3-6,11,14-15,24H,7-10,12-13H2,1-2H3. The highest BCUT2D eigenvalue weighted by molar-refractivity contribution is 5.96. The zero-order chi connectivity index (χ0) is 18.5. The minimum absolute atomic E-state index is 0.142. The monoisotopic (exact) mass is 362 g/mol. The van der Waals surface area contributed by atoms with Gasteiger partial charge >= 0.3 is 0 Å². The molecular formula is C22H26N4O. The van der Waals surface area contributed by atoms with E-state index in [0.29, 0.717) is 18.4 Å². The molecule has 1 fully saturated rings. The molecule has 0 atom stereocenters. The summed E-state index contributed by atoms with van der Waals surface area (Å²) >= 11 is 0. The van der Waals surface area contributed by atoms with Crippen molar-refractivity contribution < 1.29 is 4.79 Å². The van der Waals surface area contributed by atoms with Gasteiger partial charge in [-0.2, -0.15) is 5.10 Å². The van der Waals surface area contributed by atoms with E-state index >= 15 is 0 Å². The van der Waals surface area contributed by atoms with Crippen molar-refractivity contribution in [1.82, 2.24) is 19.7 Å². The van der Waals surface area contributed by atoms with Gasteiger partial charge in [0.1, 0.15) is 0 Å². The van der Waals surface area contributed by atoms with Crippen molar-refractivity contribution in [2.75, 3.05) is 6.54 Å². The number of aromatic amines is 1. The number of H-pyrrole nitrogens is 1. The first-order valence-corrected chi connectivity index (χ1v) is 10.0. The lowest BCUT2D eigenvalue weighted by molar-refractivity contribution is 0.0733. The lowest BCUT2D eigenvalue weighted by Gasteiger charge is -2.27. The molecule has 1 aliphatic heterocycles. The molecular weight excluding hydrogens is 336 g/mol. The predicted molar refractivity (Wildman–Crippen MR) is 106 cm³/mol. The molecule has 1 aliphatic carbocycles. The van der Waals surface area contributed by atoms with Crippen molar-refractivity contribution >= 4 is 16.8 Å². The number of carbonyl (C=O) groups excluding carboxylic acids is 1.